The Morgan fingerprint density at radius 1 is 1.33 bits per heavy atom. The van der Waals surface area contributed by atoms with Crippen molar-refractivity contribution in [2.24, 2.45) is 0 Å². The minimum Gasteiger partial charge on any atom is -0.493 e. The van der Waals surface area contributed by atoms with E-state index in [2.05, 4.69) is 16.6 Å². The molecule has 0 radical (unpaired) electrons. The fourth-order valence-corrected chi connectivity index (χ4v) is 2.43. The number of ether oxygens (including phenoxy) is 3. The molecule has 126 valence electrons. The Hall–Kier alpha value is -3.14. The molecule has 0 aromatic heterocycles. The predicted molar refractivity (Wildman–Crippen MR) is 86.4 cm³/mol. The summed E-state index contributed by atoms with van der Waals surface area (Å²) in [6.45, 7) is 1.74. The third-order valence-corrected chi connectivity index (χ3v) is 3.51. The summed E-state index contributed by atoms with van der Waals surface area (Å²) in [5.41, 5.74) is 1.40. The van der Waals surface area contributed by atoms with E-state index in [1.165, 1.54) is 14.2 Å². The minimum atomic E-state index is -0.665. The van der Waals surface area contributed by atoms with Gasteiger partial charge in [-0.3, -0.25) is 0 Å². The molecule has 7 heteroatoms. The monoisotopic (exact) mass is 330 g/mol. The Labute approximate surface area is 140 Å². The van der Waals surface area contributed by atoms with Crippen LogP contribution >= 0.6 is 0 Å². The van der Waals surface area contributed by atoms with Gasteiger partial charge in [-0.1, -0.05) is 12.0 Å². The largest absolute Gasteiger partial charge is 0.493 e. The second-order valence-electron chi connectivity index (χ2n) is 4.96. The molecule has 1 aliphatic heterocycles. The molecule has 0 spiro atoms. The molecule has 0 saturated carbocycles. The number of carbonyl (C=O) groups is 2. The number of nitrogens with one attached hydrogen (secondary N) is 2. The molecule has 0 bridgehead atoms. The number of hydrogen-bond donors (Lipinski definition) is 2. The number of carbonyl (C=O) groups excluding carboxylic acids is 2. The second-order valence-corrected chi connectivity index (χ2v) is 4.96. The average Bonchev–Trinajstić information content (AvgIpc) is 2.58. The number of esters is 1. The van der Waals surface area contributed by atoms with E-state index in [1.54, 1.807) is 25.1 Å². The van der Waals surface area contributed by atoms with Crippen LogP contribution < -0.4 is 20.1 Å². The Morgan fingerprint density at radius 3 is 2.71 bits per heavy atom. The van der Waals surface area contributed by atoms with E-state index in [0.717, 1.165) is 0 Å². The van der Waals surface area contributed by atoms with Crippen LogP contribution in [0.5, 0.6) is 11.5 Å². The molecule has 24 heavy (non-hydrogen) atoms. The van der Waals surface area contributed by atoms with Gasteiger partial charge in [-0.05, 0) is 24.6 Å². The number of allylic oxidation sites excluding steroid dienone is 1. The molecule has 1 aromatic carbocycles. The van der Waals surface area contributed by atoms with Crippen molar-refractivity contribution < 1.29 is 23.8 Å². The summed E-state index contributed by atoms with van der Waals surface area (Å²) in [6, 6.07) is 4.00. The number of urea groups is 1. The lowest BCUT2D eigenvalue weighted by atomic mass is 9.95. The van der Waals surface area contributed by atoms with E-state index in [0.29, 0.717) is 28.3 Å². The third kappa shape index (κ3) is 3.43. The van der Waals surface area contributed by atoms with Gasteiger partial charge in [-0.25, -0.2) is 9.59 Å². The zero-order valence-electron chi connectivity index (χ0n) is 13.6. The van der Waals surface area contributed by atoms with Crippen LogP contribution in [0.1, 0.15) is 18.5 Å². The van der Waals surface area contributed by atoms with Crippen LogP contribution in [-0.2, 0) is 9.53 Å². The van der Waals surface area contributed by atoms with E-state index in [9.17, 15) is 9.59 Å². The number of rotatable bonds is 5. The van der Waals surface area contributed by atoms with Crippen molar-refractivity contribution in [1.29, 1.82) is 0 Å². The van der Waals surface area contributed by atoms with Crippen molar-refractivity contribution in [2.75, 3.05) is 20.8 Å². The lowest BCUT2D eigenvalue weighted by Crippen LogP contribution is -2.45. The quantitative estimate of drug-likeness (QED) is 0.631. The molecule has 0 unspecified atom stereocenters. The first kappa shape index (κ1) is 17.2. The molecule has 0 fully saturated rings. The number of terminal acetylenes is 1. The maximum absolute atomic E-state index is 12.1. The molecule has 1 heterocycles. The predicted octanol–water partition coefficient (Wildman–Crippen LogP) is 1.51. The van der Waals surface area contributed by atoms with Crippen LogP contribution in [0.4, 0.5) is 4.79 Å². The van der Waals surface area contributed by atoms with Gasteiger partial charge in [0.1, 0.15) is 6.61 Å². The van der Waals surface area contributed by atoms with E-state index >= 15 is 0 Å². The third-order valence-electron chi connectivity index (χ3n) is 3.51. The van der Waals surface area contributed by atoms with Crippen LogP contribution in [0.2, 0.25) is 0 Å². The van der Waals surface area contributed by atoms with Gasteiger partial charge in [-0.15, -0.1) is 6.42 Å². The van der Waals surface area contributed by atoms with Gasteiger partial charge < -0.3 is 24.8 Å². The van der Waals surface area contributed by atoms with Crippen LogP contribution in [0.15, 0.2) is 29.5 Å². The summed E-state index contributed by atoms with van der Waals surface area (Å²) in [5.74, 6) is 2.76. The number of amides is 2. The van der Waals surface area contributed by atoms with E-state index < -0.39 is 18.0 Å². The van der Waals surface area contributed by atoms with Crippen LogP contribution in [0.25, 0.3) is 0 Å². The maximum Gasteiger partial charge on any atom is 0.337 e. The second kappa shape index (κ2) is 7.42. The van der Waals surface area contributed by atoms with E-state index in [1.807, 2.05) is 0 Å². The summed E-state index contributed by atoms with van der Waals surface area (Å²) >= 11 is 0. The summed E-state index contributed by atoms with van der Waals surface area (Å²) in [6.07, 6.45) is 5.18. The van der Waals surface area contributed by atoms with Crippen molar-refractivity contribution in [1.82, 2.24) is 10.6 Å². The normalized spacial score (nSPS) is 16.6. The van der Waals surface area contributed by atoms with Gasteiger partial charge in [-0.2, -0.15) is 0 Å². The van der Waals surface area contributed by atoms with Gasteiger partial charge in [0.15, 0.2) is 11.5 Å². The highest BCUT2D eigenvalue weighted by molar-refractivity contribution is 5.94. The van der Waals surface area contributed by atoms with Crippen molar-refractivity contribution in [3.05, 3.63) is 35.0 Å². The summed E-state index contributed by atoms with van der Waals surface area (Å²) < 4.78 is 15.5. The first-order valence-electron chi connectivity index (χ1n) is 7.12. The van der Waals surface area contributed by atoms with Crippen molar-refractivity contribution in [2.45, 2.75) is 13.0 Å². The first-order chi connectivity index (χ1) is 11.5. The molecule has 1 aliphatic rings. The van der Waals surface area contributed by atoms with Crippen molar-refractivity contribution in [3.63, 3.8) is 0 Å². The van der Waals surface area contributed by atoms with Crippen LogP contribution in [0.3, 0.4) is 0 Å². The molecule has 2 rings (SSSR count). The average molecular weight is 330 g/mol. The number of methoxy groups -OCH3 is 2. The molecular formula is C17H18N2O5. The lowest BCUT2D eigenvalue weighted by Gasteiger charge is -2.28. The Bertz CT molecular complexity index is 733. The molecule has 0 aliphatic carbocycles. The van der Waals surface area contributed by atoms with Crippen LogP contribution in [0, 0.1) is 12.3 Å². The van der Waals surface area contributed by atoms with Crippen molar-refractivity contribution >= 4 is 12.0 Å². The van der Waals surface area contributed by atoms with Gasteiger partial charge in [0, 0.05) is 5.70 Å². The summed E-state index contributed by atoms with van der Waals surface area (Å²) in [7, 11) is 2.78. The van der Waals surface area contributed by atoms with Crippen LogP contribution in [-0.4, -0.2) is 32.8 Å². The Morgan fingerprint density at radius 2 is 2.08 bits per heavy atom. The smallest absolute Gasteiger partial charge is 0.337 e. The highest BCUT2D eigenvalue weighted by atomic mass is 16.5. The van der Waals surface area contributed by atoms with Gasteiger partial charge in [0.2, 0.25) is 0 Å². The highest BCUT2D eigenvalue weighted by Gasteiger charge is 2.32. The maximum atomic E-state index is 12.1. The van der Waals surface area contributed by atoms with Crippen molar-refractivity contribution in [3.8, 4) is 23.8 Å². The Balaban J connectivity index is 2.45. The number of hydrogen-bond acceptors (Lipinski definition) is 5. The molecule has 7 nitrogen and oxygen atoms in total. The van der Waals surface area contributed by atoms with Gasteiger partial charge in [0.25, 0.3) is 0 Å². The standard InChI is InChI=1S/C17H18N2O5/c1-5-8-24-12-7-6-11(9-13(12)22-3)15-14(16(20)23-4)10(2)18-17(21)19-15/h1,6-7,9,15H,8H2,2-4H3,(H2,18,19,21)/t15-/m0/s1. The fraction of sp³-hybridized carbons (Fsp3) is 0.294. The zero-order valence-corrected chi connectivity index (χ0v) is 13.6. The van der Waals surface area contributed by atoms with Gasteiger partial charge in [0.05, 0.1) is 25.8 Å². The fourth-order valence-electron chi connectivity index (χ4n) is 2.43. The minimum absolute atomic E-state index is 0.103. The lowest BCUT2D eigenvalue weighted by molar-refractivity contribution is -0.136. The molecule has 2 amide bonds. The van der Waals surface area contributed by atoms with E-state index in [-0.39, 0.29) is 6.61 Å². The highest BCUT2D eigenvalue weighted by Crippen LogP contribution is 2.34. The summed E-state index contributed by atoms with van der Waals surface area (Å²) in [5, 5.41) is 5.27. The number of benzene rings is 1. The molecular weight excluding hydrogens is 312 g/mol. The molecule has 1 atom stereocenters. The topological polar surface area (TPSA) is 85.9 Å². The SMILES string of the molecule is C#CCOc1ccc([C@@H]2NC(=O)NC(C)=C2C(=O)OC)cc1OC. The van der Waals surface area contributed by atoms with Gasteiger partial charge >= 0.3 is 12.0 Å². The molecule has 2 N–H and O–H groups in total. The molecule has 1 aromatic rings. The van der Waals surface area contributed by atoms with E-state index in [4.69, 9.17) is 20.6 Å². The first-order valence-corrected chi connectivity index (χ1v) is 7.12. The zero-order chi connectivity index (χ0) is 17.7. The Kier molecular flexibility index (Phi) is 5.32. The molecule has 0 saturated heterocycles. The summed E-state index contributed by atoms with van der Waals surface area (Å²) in [4.78, 5) is 23.9.